The van der Waals surface area contributed by atoms with Crippen LogP contribution in [0, 0.1) is 0 Å². The zero-order valence-electron chi connectivity index (χ0n) is 12.9. The van der Waals surface area contributed by atoms with Crippen molar-refractivity contribution in [2.24, 2.45) is 0 Å². The number of hydrogen-bond acceptors (Lipinski definition) is 6. The average molecular weight is 344 g/mol. The number of anilines is 1. The number of carbonyl (C=O) groups excluding carboxylic acids is 1. The molecule has 0 spiro atoms. The third kappa shape index (κ3) is 3.61. The van der Waals surface area contributed by atoms with Gasteiger partial charge in [-0.25, -0.2) is 4.68 Å². The van der Waals surface area contributed by atoms with E-state index in [9.17, 15) is 9.90 Å². The monoisotopic (exact) mass is 344 g/mol. The second-order valence-corrected chi connectivity index (χ2v) is 5.83. The molecule has 1 amide bonds. The third-order valence-corrected chi connectivity index (χ3v) is 4.12. The van der Waals surface area contributed by atoms with E-state index in [1.165, 1.54) is 29.3 Å². The summed E-state index contributed by atoms with van der Waals surface area (Å²) in [6, 6.07) is 8.95. The number of rotatable bonds is 6. The Morgan fingerprint density at radius 3 is 3.00 bits per heavy atom. The molecule has 24 heavy (non-hydrogen) atoms. The van der Waals surface area contributed by atoms with E-state index in [4.69, 9.17) is 4.74 Å². The van der Waals surface area contributed by atoms with Crippen LogP contribution in [0.2, 0.25) is 0 Å². The van der Waals surface area contributed by atoms with Crippen LogP contribution in [0.4, 0.5) is 5.69 Å². The van der Waals surface area contributed by atoms with Gasteiger partial charge in [-0.1, -0.05) is 17.3 Å². The Bertz CT molecular complexity index is 816. The molecule has 3 rings (SSSR count). The van der Waals surface area contributed by atoms with Crippen LogP contribution >= 0.6 is 11.3 Å². The lowest BCUT2D eigenvalue weighted by atomic mass is 10.2. The lowest BCUT2D eigenvalue weighted by Gasteiger charge is -2.08. The predicted octanol–water partition coefficient (Wildman–Crippen LogP) is 2.33. The molecule has 0 fully saturated rings. The molecule has 0 unspecified atom stereocenters. The number of nitrogens with zero attached hydrogens (tertiary/aromatic N) is 3. The summed E-state index contributed by atoms with van der Waals surface area (Å²) in [5.41, 5.74) is 1.53. The molecule has 0 bridgehead atoms. The highest BCUT2D eigenvalue weighted by molar-refractivity contribution is 7.07. The van der Waals surface area contributed by atoms with E-state index < -0.39 is 12.0 Å². The molecule has 0 aliphatic carbocycles. The average Bonchev–Trinajstić information content (AvgIpc) is 3.27. The summed E-state index contributed by atoms with van der Waals surface area (Å²) in [5, 5.41) is 24.4. The molecule has 0 saturated heterocycles. The third-order valence-electron chi connectivity index (χ3n) is 3.41. The lowest BCUT2D eigenvalue weighted by Crippen LogP contribution is -2.13. The molecule has 1 atom stereocenters. The number of amides is 1. The molecular weight excluding hydrogens is 328 g/mol. The molecule has 3 aromatic rings. The first-order valence-corrected chi connectivity index (χ1v) is 8.16. The minimum absolute atomic E-state index is 0.165. The highest BCUT2D eigenvalue weighted by atomic mass is 32.1. The standard InChI is InChI=1S/C16H16N4O3S/c1-23-15-5-3-2-4-12(15)17-16(22)13-8-20(19-18-13)9-14(21)11-6-7-24-10-11/h2-8,10,14,21H,9H2,1H3,(H,17,22)/t14-/m1/s1. The second-order valence-electron chi connectivity index (χ2n) is 5.05. The fraction of sp³-hybridized carbons (Fsp3) is 0.188. The van der Waals surface area contributed by atoms with Crippen molar-refractivity contribution in [3.8, 4) is 5.75 Å². The Labute approximate surface area is 142 Å². The van der Waals surface area contributed by atoms with E-state index >= 15 is 0 Å². The molecule has 0 radical (unpaired) electrons. The minimum atomic E-state index is -0.692. The van der Waals surface area contributed by atoms with Crippen molar-refractivity contribution >= 4 is 22.9 Å². The summed E-state index contributed by atoms with van der Waals surface area (Å²) in [6.07, 6.45) is 0.809. The Balaban J connectivity index is 1.67. The van der Waals surface area contributed by atoms with Gasteiger partial charge in [0, 0.05) is 0 Å². The van der Waals surface area contributed by atoms with Crippen LogP contribution in [-0.4, -0.2) is 33.1 Å². The topological polar surface area (TPSA) is 89.3 Å². The number of ether oxygens (including phenoxy) is 1. The van der Waals surface area contributed by atoms with E-state index in [0.717, 1.165) is 5.56 Å². The molecule has 0 aliphatic heterocycles. The summed E-state index contributed by atoms with van der Waals surface area (Å²) in [5.74, 6) is 0.168. The normalized spacial score (nSPS) is 11.9. The fourth-order valence-electron chi connectivity index (χ4n) is 2.17. The molecule has 0 aliphatic rings. The van der Waals surface area contributed by atoms with Gasteiger partial charge in [0.25, 0.3) is 5.91 Å². The number of para-hydroxylation sites is 2. The van der Waals surface area contributed by atoms with Crippen LogP contribution in [0.5, 0.6) is 5.75 Å². The molecule has 124 valence electrons. The largest absolute Gasteiger partial charge is 0.495 e. The van der Waals surface area contributed by atoms with E-state index in [1.54, 1.807) is 18.2 Å². The molecule has 7 nitrogen and oxygen atoms in total. The number of methoxy groups -OCH3 is 1. The molecule has 2 heterocycles. The first kappa shape index (κ1) is 16.2. The maximum Gasteiger partial charge on any atom is 0.277 e. The summed E-state index contributed by atoms with van der Waals surface area (Å²) < 4.78 is 6.64. The molecular formula is C16H16N4O3S. The van der Waals surface area contributed by atoms with Gasteiger partial charge in [0.05, 0.1) is 31.6 Å². The second kappa shape index (κ2) is 7.24. The van der Waals surface area contributed by atoms with Crippen LogP contribution < -0.4 is 10.1 Å². The van der Waals surface area contributed by atoms with Crippen molar-refractivity contribution in [2.75, 3.05) is 12.4 Å². The minimum Gasteiger partial charge on any atom is -0.495 e. The predicted molar refractivity (Wildman–Crippen MR) is 90.2 cm³/mol. The lowest BCUT2D eigenvalue weighted by molar-refractivity contribution is 0.102. The van der Waals surface area contributed by atoms with Crippen LogP contribution in [-0.2, 0) is 6.54 Å². The van der Waals surface area contributed by atoms with E-state index in [0.29, 0.717) is 11.4 Å². The summed E-state index contributed by atoms with van der Waals surface area (Å²) in [7, 11) is 1.53. The summed E-state index contributed by atoms with van der Waals surface area (Å²) in [6.45, 7) is 0.228. The van der Waals surface area contributed by atoms with Crippen molar-refractivity contribution in [2.45, 2.75) is 12.6 Å². The van der Waals surface area contributed by atoms with Crippen LogP contribution in [0.15, 0.2) is 47.3 Å². The van der Waals surface area contributed by atoms with Crippen LogP contribution in [0.25, 0.3) is 0 Å². The van der Waals surface area contributed by atoms with Crippen molar-refractivity contribution in [1.82, 2.24) is 15.0 Å². The first-order valence-electron chi connectivity index (χ1n) is 7.22. The van der Waals surface area contributed by atoms with Gasteiger partial charge >= 0.3 is 0 Å². The number of aliphatic hydroxyl groups is 1. The SMILES string of the molecule is COc1ccccc1NC(=O)c1cn(C[C@@H](O)c2ccsc2)nn1. The van der Waals surface area contributed by atoms with Gasteiger partial charge < -0.3 is 15.2 Å². The van der Waals surface area contributed by atoms with Crippen molar-refractivity contribution in [1.29, 1.82) is 0 Å². The van der Waals surface area contributed by atoms with Gasteiger partial charge in [0.2, 0.25) is 0 Å². The first-order chi connectivity index (χ1) is 11.7. The Morgan fingerprint density at radius 1 is 1.42 bits per heavy atom. The van der Waals surface area contributed by atoms with Gasteiger partial charge in [-0.2, -0.15) is 11.3 Å². The molecule has 2 N–H and O–H groups in total. The van der Waals surface area contributed by atoms with Gasteiger partial charge in [-0.3, -0.25) is 4.79 Å². The van der Waals surface area contributed by atoms with Gasteiger partial charge in [-0.05, 0) is 34.5 Å². The number of hydrogen-bond donors (Lipinski definition) is 2. The number of aromatic nitrogens is 3. The number of benzene rings is 1. The zero-order chi connectivity index (χ0) is 16.9. The Kier molecular flexibility index (Phi) is 4.88. The fourth-order valence-corrected chi connectivity index (χ4v) is 2.88. The van der Waals surface area contributed by atoms with Crippen molar-refractivity contribution < 1.29 is 14.6 Å². The van der Waals surface area contributed by atoms with Crippen LogP contribution in [0.3, 0.4) is 0 Å². The molecule has 8 heteroatoms. The van der Waals surface area contributed by atoms with E-state index in [2.05, 4.69) is 15.6 Å². The maximum absolute atomic E-state index is 12.3. The van der Waals surface area contributed by atoms with Gasteiger partial charge in [0.15, 0.2) is 5.69 Å². The van der Waals surface area contributed by atoms with E-state index in [-0.39, 0.29) is 12.2 Å². The van der Waals surface area contributed by atoms with E-state index in [1.807, 2.05) is 22.9 Å². The quantitative estimate of drug-likeness (QED) is 0.716. The Hall–Kier alpha value is -2.71. The number of nitrogens with one attached hydrogen (secondary N) is 1. The number of aliphatic hydroxyl groups excluding tert-OH is 1. The molecule has 2 aromatic heterocycles. The molecule has 0 saturated carbocycles. The highest BCUT2D eigenvalue weighted by Gasteiger charge is 2.15. The van der Waals surface area contributed by atoms with Crippen molar-refractivity contribution in [3.63, 3.8) is 0 Å². The van der Waals surface area contributed by atoms with Crippen molar-refractivity contribution in [3.05, 3.63) is 58.5 Å². The number of carbonyl (C=O) groups is 1. The molecule has 1 aromatic carbocycles. The summed E-state index contributed by atoms with van der Waals surface area (Å²) >= 11 is 1.51. The highest BCUT2D eigenvalue weighted by Crippen LogP contribution is 2.23. The Morgan fingerprint density at radius 2 is 2.25 bits per heavy atom. The maximum atomic E-state index is 12.3. The van der Waals surface area contributed by atoms with Crippen LogP contribution in [0.1, 0.15) is 22.2 Å². The summed E-state index contributed by atoms with van der Waals surface area (Å²) in [4.78, 5) is 12.3. The smallest absolute Gasteiger partial charge is 0.277 e. The van der Waals surface area contributed by atoms with Gasteiger partial charge in [0.1, 0.15) is 5.75 Å². The van der Waals surface area contributed by atoms with Gasteiger partial charge in [-0.15, -0.1) is 5.10 Å². The number of thiophene rings is 1. The zero-order valence-corrected chi connectivity index (χ0v) is 13.7.